The Morgan fingerprint density at radius 1 is 1.45 bits per heavy atom. The molecule has 112 valence electrons. The Bertz CT molecular complexity index is 457. The van der Waals surface area contributed by atoms with E-state index < -0.39 is 18.1 Å². The van der Waals surface area contributed by atoms with E-state index in [2.05, 4.69) is 10.6 Å². The minimum absolute atomic E-state index is 0.124. The topological polar surface area (TPSA) is 101 Å². The molecule has 1 aromatic heterocycles. The average Bonchev–Trinajstić information content (AvgIpc) is 2.80. The number of carbonyl (C=O) groups excluding carboxylic acids is 1. The maximum atomic E-state index is 11.7. The van der Waals surface area contributed by atoms with Crippen LogP contribution in [0.2, 0.25) is 0 Å². The van der Waals surface area contributed by atoms with Gasteiger partial charge in [-0.1, -0.05) is 0 Å². The number of rotatable bonds is 7. The zero-order chi connectivity index (χ0) is 15.1. The van der Waals surface area contributed by atoms with Crippen LogP contribution in [0.15, 0.2) is 16.5 Å². The highest BCUT2D eigenvalue weighted by Gasteiger charge is 2.16. The summed E-state index contributed by atoms with van der Waals surface area (Å²) in [5.41, 5.74) is 0. The second-order valence-corrected chi connectivity index (χ2v) is 4.48. The second kappa shape index (κ2) is 7.54. The molecule has 2 unspecified atom stereocenters. The molecular weight excluding hydrogens is 264 g/mol. The number of aliphatic carboxylic acids is 1. The summed E-state index contributed by atoms with van der Waals surface area (Å²) in [6.45, 7) is 3.74. The van der Waals surface area contributed by atoms with Crippen molar-refractivity contribution in [2.75, 3.05) is 13.7 Å². The summed E-state index contributed by atoms with van der Waals surface area (Å²) in [5.74, 6) is 0.458. The fraction of sp³-hybridized carbons (Fsp3) is 0.538. The summed E-state index contributed by atoms with van der Waals surface area (Å²) in [4.78, 5) is 22.2. The number of furan rings is 1. The molecule has 0 radical (unpaired) electrons. The van der Waals surface area contributed by atoms with Gasteiger partial charge in [0.05, 0.1) is 18.6 Å². The summed E-state index contributed by atoms with van der Waals surface area (Å²) in [7, 11) is 1.40. The van der Waals surface area contributed by atoms with E-state index in [0.717, 1.165) is 5.76 Å². The monoisotopic (exact) mass is 284 g/mol. The molecule has 0 bridgehead atoms. The molecule has 0 fully saturated rings. The van der Waals surface area contributed by atoms with Gasteiger partial charge in [-0.05, 0) is 26.0 Å². The minimum atomic E-state index is -0.974. The van der Waals surface area contributed by atoms with Gasteiger partial charge < -0.3 is 24.9 Å². The molecule has 7 heteroatoms. The van der Waals surface area contributed by atoms with Crippen LogP contribution in [0.5, 0.6) is 0 Å². The quantitative estimate of drug-likeness (QED) is 0.703. The van der Waals surface area contributed by atoms with Crippen LogP contribution in [0.4, 0.5) is 4.79 Å². The Morgan fingerprint density at radius 2 is 2.15 bits per heavy atom. The van der Waals surface area contributed by atoms with Gasteiger partial charge in [0, 0.05) is 13.7 Å². The van der Waals surface area contributed by atoms with Crippen molar-refractivity contribution >= 4 is 12.0 Å². The Labute approximate surface area is 117 Å². The SMILES string of the molecule is COC(CNC(=O)NC(C)c1ccc(C)o1)CC(=O)O. The number of carboxylic acid groups (broad SMARTS) is 1. The summed E-state index contributed by atoms with van der Waals surface area (Å²) in [5, 5.41) is 13.9. The number of hydrogen-bond acceptors (Lipinski definition) is 4. The molecule has 1 heterocycles. The lowest BCUT2D eigenvalue weighted by molar-refractivity contribution is -0.139. The normalized spacial score (nSPS) is 13.6. The highest BCUT2D eigenvalue weighted by molar-refractivity contribution is 5.74. The zero-order valence-corrected chi connectivity index (χ0v) is 11.8. The van der Waals surface area contributed by atoms with E-state index in [9.17, 15) is 9.59 Å². The third kappa shape index (κ3) is 5.31. The first kappa shape index (κ1) is 16.0. The van der Waals surface area contributed by atoms with Crippen LogP contribution in [0.3, 0.4) is 0 Å². The number of hydrogen-bond donors (Lipinski definition) is 3. The third-order valence-electron chi connectivity index (χ3n) is 2.76. The second-order valence-electron chi connectivity index (χ2n) is 4.48. The van der Waals surface area contributed by atoms with Crippen LogP contribution < -0.4 is 10.6 Å². The van der Waals surface area contributed by atoms with Gasteiger partial charge in [0.2, 0.25) is 0 Å². The van der Waals surface area contributed by atoms with E-state index in [1.807, 2.05) is 13.0 Å². The van der Waals surface area contributed by atoms with Crippen LogP contribution in [0, 0.1) is 6.92 Å². The number of carbonyl (C=O) groups is 2. The number of aryl methyl sites for hydroxylation is 1. The van der Waals surface area contributed by atoms with Gasteiger partial charge in [-0.3, -0.25) is 4.79 Å². The van der Waals surface area contributed by atoms with E-state index in [1.54, 1.807) is 13.0 Å². The summed E-state index contributed by atoms with van der Waals surface area (Å²) < 4.78 is 10.4. The highest BCUT2D eigenvalue weighted by atomic mass is 16.5. The first-order valence-electron chi connectivity index (χ1n) is 6.27. The predicted octanol–water partition coefficient (Wildman–Crippen LogP) is 1.44. The largest absolute Gasteiger partial charge is 0.481 e. The number of ether oxygens (including phenoxy) is 1. The molecule has 3 N–H and O–H groups in total. The van der Waals surface area contributed by atoms with Gasteiger partial charge >= 0.3 is 12.0 Å². The number of amides is 2. The number of carboxylic acids is 1. The van der Waals surface area contributed by atoms with E-state index in [-0.39, 0.29) is 19.0 Å². The number of methoxy groups -OCH3 is 1. The molecule has 0 saturated heterocycles. The van der Waals surface area contributed by atoms with E-state index in [0.29, 0.717) is 5.76 Å². The van der Waals surface area contributed by atoms with E-state index in [4.69, 9.17) is 14.3 Å². The van der Waals surface area contributed by atoms with Crippen molar-refractivity contribution in [3.8, 4) is 0 Å². The molecule has 0 aliphatic heterocycles. The zero-order valence-electron chi connectivity index (χ0n) is 11.8. The maximum absolute atomic E-state index is 11.7. The first-order valence-corrected chi connectivity index (χ1v) is 6.27. The molecule has 20 heavy (non-hydrogen) atoms. The van der Waals surface area contributed by atoms with Gasteiger partial charge in [0.15, 0.2) is 0 Å². The molecule has 1 aromatic rings. The van der Waals surface area contributed by atoms with Gasteiger partial charge in [-0.25, -0.2) is 4.79 Å². The summed E-state index contributed by atoms with van der Waals surface area (Å²) in [6, 6.07) is 2.94. The first-order chi connectivity index (χ1) is 9.42. The predicted molar refractivity (Wildman–Crippen MR) is 71.4 cm³/mol. The Balaban J connectivity index is 2.37. The van der Waals surface area contributed by atoms with Gasteiger partial charge in [0.25, 0.3) is 0 Å². The smallest absolute Gasteiger partial charge is 0.315 e. The van der Waals surface area contributed by atoms with Crippen LogP contribution >= 0.6 is 0 Å². The third-order valence-corrected chi connectivity index (χ3v) is 2.76. The molecule has 0 saturated carbocycles. The van der Waals surface area contributed by atoms with Crippen LogP contribution in [0.1, 0.15) is 30.9 Å². The van der Waals surface area contributed by atoms with Crippen molar-refractivity contribution in [2.24, 2.45) is 0 Å². The number of nitrogens with one attached hydrogen (secondary N) is 2. The lowest BCUT2D eigenvalue weighted by Gasteiger charge is -2.16. The molecule has 0 aliphatic carbocycles. The molecule has 2 amide bonds. The van der Waals surface area contributed by atoms with E-state index in [1.165, 1.54) is 7.11 Å². The van der Waals surface area contributed by atoms with Crippen molar-refractivity contribution < 1.29 is 23.8 Å². The van der Waals surface area contributed by atoms with Gasteiger partial charge in [-0.2, -0.15) is 0 Å². The fourth-order valence-corrected chi connectivity index (χ4v) is 1.65. The Kier molecular flexibility index (Phi) is 6.05. The lowest BCUT2D eigenvalue weighted by Crippen LogP contribution is -2.41. The average molecular weight is 284 g/mol. The minimum Gasteiger partial charge on any atom is -0.481 e. The maximum Gasteiger partial charge on any atom is 0.315 e. The van der Waals surface area contributed by atoms with Gasteiger partial charge in [0.1, 0.15) is 11.5 Å². The Morgan fingerprint density at radius 3 is 2.65 bits per heavy atom. The van der Waals surface area contributed by atoms with Crippen LogP contribution in [0.25, 0.3) is 0 Å². The standard InChI is InChI=1S/C13H20N2O5/c1-8-4-5-11(20-8)9(2)15-13(18)14-7-10(19-3)6-12(16)17/h4-5,9-10H,6-7H2,1-3H3,(H,16,17)(H2,14,15,18). The van der Waals surface area contributed by atoms with Gasteiger partial charge in [-0.15, -0.1) is 0 Å². The van der Waals surface area contributed by atoms with Crippen molar-refractivity contribution in [3.63, 3.8) is 0 Å². The number of urea groups is 1. The molecule has 0 aliphatic rings. The molecule has 0 spiro atoms. The molecule has 2 atom stereocenters. The molecule has 0 aromatic carbocycles. The summed E-state index contributed by atoms with van der Waals surface area (Å²) in [6.07, 6.45) is -0.719. The molecular formula is C13H20N2O5. The van der Waals surface area contributed by atoms with Crippen molar-refractivity contribution in [2.45, 2.75) is 32.4 Å². The lowest BCUT2D eigenvalue weighted by atomic mass is 10.2. The van der Waals surface area contributed by atoms with Crippen LogP contribution in [-0.2, 0) is 9.53 Å². The highest BCUT2D eigenvalue weighted by Crippen LogP contribution is 2.15. The fourth-order valence-electron chi connectivity index (χ4n) is 1.65. The molecule has 7 nitrogen and oxygen atoms in total. The van der Waals surface area contributed by atoms with Crippen LogP contribution in [-0.4, -0.2) is 36.9 Å². The Hall–Kier alpha value is -2.02. The van der Waals surface area contributed by atoms with Crippen molar-refractivity contribution in [1.82, 2.24) is 10.6 Å². The van der Waals surface area contributed by atoms with E-state index >= 15 is 0 Å². The van der Waals surface area contributed by atoms with Crippen molar-refractivity contribution in [3.05, 3.63) is 23.7 Å². The van der Waals surface area contributed by atoms with Crippen molar-refractivity contribution in [1.29, 1.82) is 0 Å². The molecule has 1 rings (SSSR count). The summed E-state index contributed by atoms with van der Waals surface area (Å²) >= 11 is 0.